The molecule has 0 bridgehead atoms. The molecule has 1 atom stereocenters. The Bertz CT molecular complexity index is 885. The monoisotopic (exact) mass is 688 g/mol. The Labute approximate surface area is 301 Å². The van der Waals surface area contributed by atoms with E-state index in [4.69, 9.17) is 4.52 Å². The summed E-state index contributed by atoms with van der Waals surface area (Å²) in [6.45, 7) is 4.85. The SMILES string of the molecule is CCCCCC=CCC=CCC=CCC=CCCCC(=O)C(C[N+](C)(C)C)(O[PH-])C(=O)CCCCCCCCCCCCCCCCC. The van der Waals surface area contributed by atoms with Gasteiger partial charge < -0.3 is 18.5 Å². The van der Waals surface area contributed by atoms with E-state index in [9.17, 15) is 9.59 Å². The van der Waals surface area contributed by atoms with Crippen molar-refractivity contribution < 1.29 is 18.6 Å². The van der Waals surface area contributed by atoms with Gasteiger partial charge in [0.25, 0.3) is 0 Å². The first-order chi connectivity index (χ1) is 23.2. The van der Waals surface area contributed by atoms with Crippen LogP contribution in [0.3, 0.4) is 0 Å². The molecular formula is C43H78NO3P. The van der Waals surface area contributed by atoms with Crippen LogP contribution in [0.15, 0.2) is 48.6 Å². The number of rotatable bonds is 35. The first kappa shape index (κ1) is 46.6. The molecule has 0 aromatic rings. The second-order valence-corrected chi connectivity index (χ2v) is 15.1. The largest absolute Gasteiger partial charge is 0.541 e. The molecule has 0 spiro atoms. The topological polar surface area (TPSA) is 43.4 Å². The molecule has 0 aromatic carbocycles. The average molecular weight is 688 g/mol. The average Bonchev–Trinajstić information content (AvgIpc) is 3.06. The molecule has 0 aliphatic carbocycles. The second-order valence-electron chi connectivity index (χ2n) is 14.9. The third kappa shape index (κ3) is 27.5. The lowest BCUT2D eigenvalue weighted by Gasteiger charge is -2.39. The number of nitrogens with zero attached hydrogens (tertiary/aromatic N) is 1. The normalized spacial score (nSPS) is 13.9. The van der Waals surface area contributed by atoms with Crippen molar-refractivity contribution in [3.8, 4) is 0 Å². The summed E-state index contributed by atoms with van der Waals surface area (Å²) in [6.07, 6.45) is 47.3. The van der Waals surface area contributed by atoms with Crippen molar-refractivity contribution in [2.45, 2.75) is 186 Å². The fraction of sp³-hybridized carbons (Fsp3) is 0.767. The summed E-state index contributed by atoms with van der Waals surface area (Å²) >= 11 is 0. The molecule has 4 nitrogen and oxygen atoms in total. The molecule has 0 aromatic heterocycles. The molecule has 0 heterocycles. The quantitative estimate of drug-likeness (QED) is 0.0219. The Morgan fingerprint density at radius 2 is 0.833 bits per heavy atom. The number of carbonyl (C=O) groups excluding carboxylic acids is 2. The van der Waals surface area contributed by atoms with E-state index in [2.05, 4.69) is 71.9 Å². The molecule has 0 aliphatic rings. The molecule has 5 heteroatoms. The molecule has 0 aliphatic heterocycles. The zero-order valence-electron chi connectivity index (χ0n) is 32.4. The molecule has 0 amide bonds. The number of allylic oxidation sites excluding steroid dienone is 8. The van der Waals surface area contributed by atoms with E-state index in [-0.39, 0.29) is 11.6 Å². The van der Waals surface area contributed by atoms with E-state index in [1.54, 1.807) is 0 Å². The summed E-state index contributed by atoms with van der Waals surface area (Å²) in [5, 5.41) is 0. The van der Waals surface area contributed by atoms with Crippen LogP contribution in [0.4, 0.5) is 0 Å². The van der Waals surface area contributed by atoms with Gasteiger partial charge in [0.1, 0.15) is 6.54 Å². The summed E-state index contributed by atoms with van der Waals surface area (Å²) < 4.78 is 6.13. The number of hydrogen-bond acceptors (Lipinski definition) is 3. The fourth-order valence-electron chi connectivity index (χ4n) is 6.15. The van der Waals surface area contributed by atoms with Gasteiger partial charge in [0, 0.05) is 12.8 Å². The minimum Gasteiger partial charge on any atom is -0.541 e. The Kier molecular flexibility index (Phi) is 31.9. The van der Waals surface area contributed by atoms with Gasteiger partial charge in [0.05, 0.1) is 21.1 Å². The van der Waals surface area contributed by atoms with E-state index >= 15 is 0 Å². The van der Waals surface area contributed by atoms with Crippen molar-refractivity contribution in [1.82, 2.24) is 0 Å². The van der Waals surface area contributed by atoms with Crippen molar-refractivity contribution in [3.63, 3.8) is 0 Å². The van der Waals surface area contributed by atoms with Crippen LogP contribution in [0.5, 0.6) is 0 Å². The summed E-state index contributed by atoms with van der Waals surface area (Å²) in [5.74, 6) is -0.185. The van der Waals surface area contributed by atoms with E-state index in [1.807, 2.05) is 21.1 Å². The van der Waals surface area contributed by atoms with E-state index < -0.39 is 5.60 Å². The molecule has 0 radical (unpaired) electrons. The highest BCUT2D eigenvalue weighted by atomic mass is 31.0. The number of ketones is 2. The predicted octanol–water partition coefficient (Wildman–Crippen LogP) is 13.1. The van der Waals surface area contributed by atoms with Crippen LogP contribution in [-0.4, -0.2) is 49.3 Å². The lowest BCUT2D eigenvalue weighted by molar-refractivity contribution is -0.873. The van der Waals surface area contributed by atoms with Gasteiger partial charge in [-0.15, -0.1) is 0 Å². The Hall–Kier alpha value is -1.35. The Balaban J connectivity index is 4.33. The summed E-state index contributed by atoms with van der Waals surface area (Å²) in [4.78, 5) is 27.0. The molecule has 1 unspecified atom stereocenters. The molecule has 0 rings (SSSR count). The number of hydrogen-bond donors (Lipinski definition) is 0. The molecule has 0 fully saturated rings. The van der Waals surface area contributed by atoms with Gasteiger partial charge in [0.15, 0.2) is 11.6 Å². The van der Waals surface area contributed by atoms with Crippen LogP contribution in [0.1, 0.15) is 181 Å². The number of unbranched alkanes of at least 4 members (excludes halogenated alkanes) is 18. The standard InChI is InChI=1S/C43H78NO3P/c1-6-8-10-12-14-16-18-20-22-23-25-27-29-31-33-35-37-39-42(46)43(47-48,40-44(3,4)5)41(45)38-36-34-32-30-28-26-24-21-19-17-15-13-11-9-7-2/h14,16,20,22,25,27,31,33,48H,6-13,15,17-19,21,23-24,26,28-30,32,34-40H2,1-5H3. The maximum Gasteiger partial charge on any atom is 0.204 e. The van der Waals surface area contributed by atoms with Crippen molar-refractivity contribution in [3.05, 3.63) is 48.6 Å². The second kappa shape index (κ2) is 32.8. The highest BCUT2D eigenvalue weighted by Crippen LogP contribution is 2.27. The first-order valence-corrected chi connectivity index (χ1v) is 20.5. The van der Waals surface area contributed by atoms with Gasteiger partial charge in [-0.25, -0.2) is 0 Å². The van der Waals surface area contributed by atoms with Crippen molar-refractivity contribution in [2.75, 3.05) is 27.7 Å². The van der Waals surface area contributed by atoms with Crippen LogP contribution >= 0.6 is 9.47 Å². The lowest BCUT2D eigenvalue weighted by atomic mass is 9.86. The predicted molar refractivity (Wildman–Crippen MR) is 213 cm³/mol. The maximum absolute atomic E-state index is 13.5. The Morgan fingerprint density at radius 3 is 1.23 bits per heavy atom. The number of likely N-dealkylation sites (N-methyl/N-ethyl adjacent to an activating group) is 1. The molecule has 0 N–H and O–H groups in total. The van der Waals surface area contributed by atoms with Crippen molar-refractivity contribution >= 4 is 21.0 Å². The first-order valence-electron chi connectivity index (χ1n) is 20.0. The van der Waals surface area contributed by atoms with E-state index in [0.29, 0.717) is 30.3 Å². The van der Waals surface area contributed by atoms with E-state index in [1.165, 1.54) is 103 Å². The Morgan fingerprint density at radius 1 is 0.500 bits per heavy atom. The summed E-state index contributed by atoms with van der Waals surface area (Å²) in [5.41, 5.74) is -1.42. The van der Waals surface area contributed by atoms with Gasteiger partial charge >= 0.3 is 0 Å². The van der Waals surface area contributed by atoms with Crippen LogP contribution in [0, 0.1) is 0 Å². The zero-order valence-corrected chi connectivity index (χ0v) is 33.4. The molecule has 0 saturated carbocycles. The molecule has 48 heavy (non-hydrogen) atoms. The van der Waals surface area contributed by atoms with Crippen LogP contribution < -0.4 is 0 Å². The van der Waals surface area contributed by atoms with Gasteiger partial charge in [-0.1, -0.05) is 165 Å². The lowest BCUT2D eigenvalue weighted by Crippen LogP contribution is -2.58. The van der Waals surface area contributed by atoms with Crippen molar-refractivity contribution in [1.29, 1.82) is 0 Å². The van der Waals surface area contributed by atoms with Gasteiger partial charge in [-0.3, -0.25) is 9.59 Å². The minimum atomic E-state index is -1.42. The van der Waals surface area contributed by atoms with Gasteiger partial charge in [-0.05, 0) is 51.4 Å². The number of carbonyl (C=O) groups is 2. The fourth-order valence-corrected chi connectivity index (χ4v) is 6.44. The highest BCUT2D eigenvalue weighted by Gasteiger charge is 2.46. The number of quaternary nitrogens is 1. The minimum absolute atomic E-state index is 0.0806. The summed E-state index contributed by atoms with van der Waals surface area (Å²) in [6, 6.07) is 0. The highest BCUT2D eigenvalue weighted by molar-refractivity contribution is 7.10. The maximum atomic E-state index is 13.5. The van der Waals surface area contributed by atoms with E-state index in [0.717, 1.165) is 44.9 Å². The van der Waals surface area contributed by atoms with Gasteiger partial charge in [-0.2, -0.15) is 0 Å². The van der Waals surface area contributed by atoms with Crippen molar-refractivity contribution in [2.24, 2.45) is 0 Å². The van der Waals surface area contributed by atoms with Crippen LogP contribution in [0.2, 0.25) is 0 Å². The van der Waals surface area contributed by atoms with Crippen LogP contribution in [0.25, 0.3) is 0 Å². The zero-order chi connectivity index (χ0) is 35.6. The number of Topliss-reactive ketones (excluding diaryl/α,β-unsaturated/α-hetero) is 2. The third-order valence-corrected chi connectivity index (χ3v) is 9.36. The van der Waals surface area contributed by atoms with Gasteiger partial charge in [0.2, 0.25) is 5.60 Å². The summed E-state index contributed by atoms with van der Waals surface area (Å²) in [7, 11) is 9.20. The molecular weight excluding hydrogens is 609 g/mol. The molecule has 0 saturated heterocycles. The third-order valence-electron chi connectivity index (χ3n) is 9.01. The van der Waals surface area contributed by atoms with Crippen LogP contribution in [-0.2, 0) is 14.1 Å². The molecule has 278 valence electrons. The smallest absolute Gasteiger partial charge is 0.204 e.